The minimum atomic E-state index is -0.858. The van der Waals surface area contributed by atoms with E-state index in [4.69, 9.17) is 0 Å². The van der Waals surface area contributed by atoms with Crippen LogP contribution in [0, 0.1) is 0 Å². The SMILES string of the molecule is CC/C=C\C/C=C\C/C=C\C/C=C\C/C=C\CCCCCC(=O)NC(CO)C(O)/C=C/CCCCCCCCCCCCCCCCCCCCCCCCCCCCC. The summed E-state index contributed by atoms with van der Waals surface area (Å²) in [4.78, 5) is 12.4. The molecule has 4 heteroatoms. The fourth-order valence-corrected chi connectivity index (χ4v) is 7.74. The lowest BCUT2D eigenvalue weighted by atomic mass is 10.0. The first-order valence-corrected chi connectivity index (χ1v) is 26.2. The number of unbranched alkanes of at least 4 members (excludes halogenated alkanes) is 30. The Balaban J connectivity index is 3.55. The highest BCUT2D eigenvalue weighted by Gasteiger charge is 2.17. The third kappa shape index (κ3) is 46.9. The second kappa shape index (κ2) is 51.2. The minimum absolute atomic E-state index is 0.0954. The molecular formula is C56H101NO3. The number of aliphatic hydroxyl groups excluding tert-OH is 2. The molecule has 2 unspecified atom stereocenters. The molecule has 0 fully saturated rings. The number of allylic oxidation sites excluding steroid dienone is 11. The van der Waals surface area contributed by atoms with E-state index in [0.717, 1.165) is 70.6 Å². The van der Waals surface area contributed by atoms with Crippen molar-refractivity contribution in [3.05, 3.63) is 72.9 Å². The number of amides is 1. The maximum atomic E-state index is 12.4. The van der Waals surface area contributed by atoms with E-state index in [9.17, 15) is 15.0 Å². The number of carbonyl (C=O) groups excluding carboxylic acids is 1. The first-order valence-electron chi connectivity index (χ1n) is 26.2. The topological polar surface area (TPSA) is 69.6 Å². The molecule has 0 radical (unpaired) electrons. The van der Waals surface area contributed by atoms with Crippen LogP contribution >= 0.6 is 0 Å². The fraction of sp³-hybridized carbons (Fsp3) is 0.768. The lowest BCUT2D eigenvalue weighted by Gasteiger charge is -2.19. The van der Waals surface area contributed by atoms with Gasteiger partial charge in [0.15, 0.2) is 0 Å². The third-order valence-corrected chi connectivity index (χ3v) is 11.7. The van der Waals surface area contributed by atoms with Gasteiger partial charge >= 0.3 is 0 Å². The average Bonchev–Trinajstić information content (AvgIpc) is 3.25. The first-order chi connectivity index (χ1) is 29.7. The summed E-state index contributed by atoms with van der Waals surface area (Å²) in [5, 5.41) is 23.1. The summed E-state index contributed by atoms with van der Waals surface area (Å²) in [6.07, 6.45) is 73.4. The summed E-state index contributed by atoms with van der Waals surface area (Å²) in [7, 11) is 0. The molecule has 60 heavy (non-hydrogen) atoms. The van der Waals surface area contributed by atoms with Crippen molar-refractivity contribution in [2.24, 2.45) is 0 Å². The Kier molecular flexibility index (Phi) is 49.3. The monoisotopic (exact) mass is 836 g/mol. The van der Waals surface area contributed by atoms with Gasteiger partial charge in [-0.25, -0.2) is 0 Å². The Morgan fingerprint density at radius 2 is 0.733 bits per heavy atom. The highest BCUT2D eigenvalue weighted by atomic mass is 16.3. The van der Waals surface area contributed by atoms with Gasteiger partial charge in [0.1, 0.15) is 0 Å². The van der Waals surface area contributed by atoms with Gasteiger partial charge in [0.25, 0.3) is 0 Å². The highest BCUT2D eigenvalue weighted by Crippen LogP contribution is 2.17. The predicted molar refractivity (Wildman–Crippen MR) is 267 cm³/mol. The Labute approximate surface area is 374 Å². The van der Waals surface area contributed by atoms with Crippen molar-refractivity contribution >= 4 is 5.91 Å². The maximum Gasteiger partial charge on any atom is 0.220 e. The molecule has 2 atom stereocenters. The fourth-order valence-electron chi connectivity index (χ4n) is 7.74. The average molecular weight is 836 g/mol. The van der Waals surface area contributed by atoms with Crippen molar-refractivity contribution in [3.8, 4) is 0 Å². The molecule has 0 saturated heterocycles. The van der Waals surface area contributed by atoms with E-state index in [-0.39, 0.29) is 12.5 Å². The van der Waals surface area contributed by atoms with Gasteiger partial charge in [0.2, 0.25) is 5.91 Å². The van der Waals surface area contributed by atoms with Crippen molar-refractivity contribution in [1.82, 2.24) is 5.32 Å². The lowest BCUT2D eigenvalue weighted by Crippen LogP contribution is -2.45. The number of aliphatic hydroxyl groups is 2. The Morgan fingerprint density at radius 3 is 1.10 bits per heavy atom. The molecule has 0 aromatic carbocycles. The van der Waals surface area contributed by atoms with Gasteiger partial charge in [0.05, 0.1) is 18.8 Å². The Bertz CT molecular complexity index is 1040. The second-order valence-corrected chi connectivity index (χ2v) is 17.6. The Morgan fingerprint density at radius 1 is 0.417 bits per heavy atom. The number of hydrogen-bond acceptors (Lipinski definition) is 3. The summed E-state index contributed by atoms with van der Waals surface area (Å²) in [6.45, 7) is 4.19. The normalized spacial score (nSPS) is 13.5. The van der Waals surface area contributed by atoms with Crippen molar-refractivity contribution in [1.29, 1.82) is 0 Å². The summed E-state index contributed by atoms with van der Waals surface area (Å²) < 4.78 is 0. The van der Waals surface area contributed by atoms with Crippen molar-refractivity contribution < 1.29 is 15.0 Å². The van der Waals surface area contributed by atoms with E-state index >= 15 is 0 Å². The summed E-state index contributed by atoms with van der Waals surface area (Å²) in [6, 6.07) is -0.645. The van der Waals surface area contributed by atoms with E-state index in [2.05, 4.69) is 79.9 Å². The van der Waals surface area contributed by atoms with Crippen molar-refractivity contribution in [2.45, 2.75) is 270 Å². The van der Waals surface area contributed by atoms with Crippen LogP contribution in [0.15, 0.2) is 72.9 Å². The molecule has 0 spiro atoms. The van der Waals surface area contributed by atoms with Gasteiger partial charge in [0, 0.05) is 6.42 Å². The standard InChI is InChI=1S/C56H101NO3/c1-3-5-7-9-11-13-15-17-19-21-23-24-25-26-27-28-29-30-31-32-34-35-37-39-41-43-45-47-49-51-55(59)54(53-58)57-56(60)52-50-48-46-44-42-40-38-36-33-22-20-18-16-14-12-10-8-6-4-2/h6,8,12,14,18,20,33,36,40,42,49,51,54-55,58-59H,3-5,7,9-11,13,15-17,19,21-32,34-35,37-39,41,43-48,50,52-53H2,1-2H3,(H,57,60)/b8-6-,14-12-,20-18-,36-33-,42-40-,51-49+. The van der Waals surface area contributed by atoms with E-state index in [1.54, 1.807) is 6.08 Å². The van der Waals surface area contributed by atoms with E-state index < -0.39 is 12.1 Å². The number of nitrogens with one attached hydrogen (secondary N) is 1. The predicted octanol–water partition coefficient (Wildman–Crippen LogP) is 17.0. The molecule has 4 nitrogen and oxygen atoms in total. The molecule has 0 bridgehead atoms. The number of rotatable bonds is 47. The van der Waals surface area contributed by atoms with E-state index in [0.29, 0.717) is 6.42 Å². The zero-order chi connectivity index (χ0) is 43.5. The molecule has 0 heterocycles. The molecule has 1 amide bonds. The summed E-state index contributed by atoms with van der Waals surface area (Å²) >= 11 is 0. The van der Waals surface area contributed by atoms with E-state index in [1.165, 1.54) is 167 Å². The zero-order valence-electron chi connectivity index (χ0n) is 40.0. The van der Waals surface area contributed by atoms with Crippen LogP contribution < -0.4 is 5.32 Å². The highest BCUT2D eigenvalue weighted by molar-refractivity contribution is 5.76. The van der Waals surface area contributed by atoms with Gasteiger partial charge in [-0.2, -0.15) is 0 Å². The molecular weight excluding hydrogens is 735 g/mol. The van der Waals surface area contributed by atoms with Crippen molar-refractivity contribution in [3.63, 3.8) is 0 Å². The molecule has 0 rings (SSSR count). The molecule has 0 saturated carbocycles. The first kappa shape index (κ1) is 57.8. The van der Waals surface area contributed by atoms with E-state index in [1.807, 2.05) is 6.08 Å². The quantitative estimate of drug-likeness (QED) is 0.0422. The van der Waals surface area contributed by atoms with Crippen LogP contribution in [0.1, 0.15) is 258 Å². The van der Waals surface area contributed by atoms with Gasteiger partial charge in [-0.05, 0) is 64.2 Å². The summed E-state index contributed by atoms with van der Waals surface area (Å²) in [5.74, 6) is -0.0954. The maximum absolute atomic E-state index is 12.4. The van der Waals surface area contributed by atoms with Crippen LogP contribution in [0.25, 0.3) is 0 Å². The van der Waals surface area contributed by atoms with Crippen LogP contribution in [-0.2, 0) is 4.79 Å². The minimum Gasteiger partial charge on any atom is -0.394 e. The molecule has 3 N–H and O–H groups in total. The number of carbonyl (C=O) groups is 1. The van der Waals surface area contributed by atoms with Crippen LogP contribution in [0.2, 0.25) is 0 Å². The smallest absolute Gasteiger partial charge is 0.220 e. The molecule has 0 aliphatic carbocycles. The van der Waals surface area contributed by atoms with Gasteiger partial charge in [-0.3, -0.25) is 4.79 Å². The van der Waals surface area contributed by atoms with Crippen molar-refractivity contribution in [2.75, 3.05) is 6.61 Å². The summed E-state index contributed by atoms with van der Waals surface area (Å²) in [5.41, 5.74) is 0. The second-order valence-electron chi connectivity index (χ2n) is 17.6. The number of hydrogen-bond donors (Lipinski definition) is 3. The van der Waals surface area contributed by atoms with Crippen LogP contribution in [0.3, 0.4) is 0 Å². The molecule has 0 aromatic rings. The Hall–Kier alpha value is -2.17. The molecule has 0 aromatic heterocycles. The zero-order valence-corrected chi connectivity index (χ0v) is 40.0. The molecule has 0 aliphatic rings. The van der Waals surface area contributed by atoms with Crippen LogP contribution in [-0.4, -0.2) is 34.9 Å². The van der Waals surface area contributed by atoms with Gasteiger partial charge in [-0.15, -0.1) is 0 Å². The molecule has 348 valence electrons. The third-order valence-electron chi connectivity index (χ3n) is 11.7. The van der Waals surface area contributed by atoms with Gasteiger partial charge < -0.3 is 15.5 Å². The molecule has 0 aliphatic heterocycles. The van der Waals surface area contributed by atoms with Crippen LogP contribution in [0.5, 0.6) is 0 Å². The largest absolute Gasteiger partial charge is 0.394 e. The lowest BCUT2D eigenvalue weighted by molar-refractivity contribution is -0.123. The van der Waals surface area contributed by atoms with Gasteiger partial charge in [-0.1, -0.05) is 260 Å². The van der Waals surface area contributed by atoms with Crippen LogP contribution in [0.4, 0.5) is 0 Å².